The molecule has 0 amide bonds. The molecule has 1 unspecified atom stereocenters. The molecule has 0 saturated heterocycles. The molecule has 0 aliphatic heterocycles. The number of anilines is 2. The van der Waals surface area contributed by atoms with E-state index < -0.39 is 27.6 Å². The van der Waals surface area contributed by atoms with Gasteiger partial charge in [0.2, 0.25) is 5.95 Å². The lowest BCUT2D eigenvalue weighted by Crippen LogP contribution is -2.33. The van der Waals surface area contributed by atoms with Crippen LogP contribution in [0.2, 0.25) is 5.02 Å². The van der Waals surface area contributed by atoms with Crippen molar-refractivity contribution in [1.29, 1.82) is 0 Å². The third-order valence-corrected chi connectivity index (χ3v) is 6.78. The van der Waals surface area contributed by atoms with Crippen LogP contribution in [0.1, 0.15) is 25.5 Å². The van der Waals surface area contributed by atoms with Crippen molar-refractivity contribution < 1.29 is 21.6 Å². The minimum atomic E-state index is -4.70. The van der Waals surface area contributed by atoms with Gasteiger partial charge in [-0.05, 0) is 43.7 Å². The predicted octanol–water partition coefficient (Wildman–Crippen LogP) is 4.41. The van der Waals surface area contributed by atoms with Gasteiger partial charge >= 0.3 is 6.18 Å². The van der Waals surface area contributed by atoms with E-state index in [2.05, 4.69) is 15.3 Å². The predicted molar refractivity (Wildman–Crippen MR) is 112 cm³/mol. The highest BCUT2D eigenvalue weighted by atomic mass is 35.5. The first-order valence-corrected chi connectivity index (χ1v) is 11.1. The second kappa shape index (κ2) is 8.12. The van der Waals surface area contributed by atoms with Crippen LogP contribution >= 0.6 is 11.6 Å². The van der Waals surface area contributed by atoms with Crippen molar-refractivity contribution in [1.82, 2.24) is 14.5 Å². The van der Waals surface area contributed by atoms with E-state index >= 15 is 0 Å². The molecule has 31 heavy (non-hydrogen) atoms. The Kier molecular flexibility index (Phi) is 6.03. The molecule has 0 radical (unpaired) electrons. The molecule has 2 aromatic heterocycles. The molecule has 7 nitrogen and oxygen atoms in total. The Balaban J connectivity index is 2.09. The van der Waals surface area contributed by atoms with Gasteiger partial charge in [-0.1, -0.05) is 18.5 Å². The number of hydrogen-bond acceptors (Lipinski definition) is 6. The third kappa shape index (κ3) is 4.52. The smallest absolute Gasteiger partial charge is 0.324 e. The Bertz CT molecular complexity index is 1320. The number of alkyl halides is 3. The van der Waals surface area contributed by atoms with E-state index in [0.717, 1.165) is 6.92 Å². The SMILES string of the molecule is CCS(=O)(=O)c1ccc(Nc2ncc3cc(Cl)c(=O)n(C(C)C(F)(F)F)c3n2)c(C)c1. The quantitative estimate of drug-likeness (QED) is 0.588. The fraction of sp³-hybridized carbons (Fsp3) is 0.316. The maximum absolute atomic E-state index is 13.3. The summed E-state index contributed by atoms with van der Waals surface area (Å²) in [6, 6.07) is 3.45. The lowest BCUT2D eigenvalue weighted by atomic mass is 10.2. The zero-order valence-electron chi connectivity index (χ0n) is 16.7. The molecule has 0 spiro atoms. The number of halogens is 4. The first-order chi connectivity index (χ1) is 14.3. The van der Waals surface area contributed by atoms with Crippen molar-refractivity contribution in [2.45, 2.75) is 37.9 Å². The summed E-state index contributed by atoms with van der Waals surface area (Å²) in [4.78, 5) is 20.7. The van der Waals surface area contributed by atoms with E-state index in [1.807, 2.05) is 0 Å². The van der Waals surface area contributed by atoms with Crippen molar-refractivity contribution in [2.24, 2.45) is 0 Å². The Morgan fingerprint density at radius 2 is 1.94 bits per heavy atom. The maximum Gasteiger partial charge on any atom is 0.409 e. The van der Waals surface area contributed by atoms with Crippen LogP contribution in [0.5, 0.6) is 0 Å². The summed E-state index contributed by atoms with van der Waals surface area (Å²) in [5, 5.41) is 2.63. The van der Waals surface area contributed by atoms with Crippen LogP contribution in [0.25, 0.3) is 11.0 Å². The Labute approximate surface area is 180 Å². The fourth-order valence-corrected chi connectivity index (χ4v) is 4.08. The topological polar surface area (TPSA) is 94.0 Å². The van der Waals surface area contributed by atoms with Crippen molar-refractivity contribution in [3.63, 3.8) is 0 Å². The van der Waals surface area contributed by atoms with Crippen LogP contribution in [-0.4, -0.2) is 34.9 Å². The second-order valence-electron chi connectivity index (χ2n) is 6.86. The molecule has 0 fully saturated rings. The number of aromatic nitrogens is 3. The summed E-state index contributed by atoms with van der Waals surface area (Å²) in [5.74, 6) is -0.114. The van der Waals surface area contributed by atoms with Crippen molar-refractivity contribution in [2.75, 3.05) is 11.1 Å². The maximum atomic E-state index is 13.3. The van der Waals surface area contributed by atoms with Crippen molar-refractivity contribution >= 4 is 44.1 Å². The summed E-state index contributed by atoms with van der Waals surface area (Å²) >= 11 is 5.82. The highest BCUT2D eigenvalue weighted by Gasteiger charge is 2.39. The molecule has 166 valence electrons. The van der Waals surface area contributed by atoms with E-state index in [1.54, 1.807) is 6.92 Å². The lowest BCUT2D eigenvalue weighted by Gasteiger charge is -2.20. The number of rotatable bonds is 5. The Morgan fingerprint density at radius 1 is 1.26 bits per heavy atom. The third-order valence-electron chi connectivity index (χ3n) is 4.77. The summed E-state index contributed by atoms with van der Waals surface area (Å²) in [6.45, 7) is 4.04. The van der Waals surface area contributed by atoms with Gasteiger partial charge in [0.25, 0.3) is 5.56 Å². The summed E-state index contributed by atoms with van der Waals surface area (Å²) in [7, 11) is -3.39. The van der Waals surface area contributed by atoms with Crippen LogP contribution in [0.4, 0.5) is 24.8 Å². The Morgan fingerprint density at radius 3 is 2.52 bits per heavy atom. The standard InChI is InChI=1S/C19H18ClF3N4O3S/c1-4-31(29,30)13-5-6-15(10(2)7-13)25-18-24-9-12-8-14(20)17(28)27(16(12)26-18)11(3)19(21,22)23/h5-9,11H,4H2,1-3H3,(H,24,25,26). The van der Waals surface area contributed by atoms with Gasteiger partial charge < -0.3 is 5.32 Å². The molecule has 0 aliphatic carbocycles. The number of nitrogens with zero attached hydrogens (tertiary/aromatic N) is 3. The number of fused-ring (bicyclic) bond motifs is 1. The van der Waals surface area contributed by atoms with Gasteiger partial charge in [-0.2, -0.15) is 18.2 Å². The minimum Gasteiger partial charge on any atom is -0.324 e. The van der Waals surface area contributed by atoms with E-state index in [0.29, 0.717) is 15.8 Å². The zero-order valence-corrected chi connectivity index (χ0v) is 18.2. The molecule has 3 aromatic rings. The number of sulfone groups is 1. The number of benzene rings is 1. The molecule has 1 atom stereocenters. The fourth-order valence-electron chi connectivity index (χ4n) is 2.91. The molecular weight excluding hydrogens is 457 g/mol. The molecule has 0 bridgehead atoms. The highest BCUT2D eigenvalue weighted by molar-refractivity contribution is 7.91. The molecule has 12 heteroatoms. The van der Waals surface area contributed by atoms with E-state index in [1.165, 1.54) is 37.4 Å². The molecule has 2 heterocycles. The van der Waals surface area contributed by atoms with Crippen molar-refractivity contribution in [3.8, 4) is 0 Å². The average molecular weight is 475 g/mol. The highest BCUT2D eigenvalue weighted by Crippen LogP contribution is 2.32. The number of nitrogens with one attached hydrogen (secondary N) is 1. The van der Waals surface area contributed by atoms with Crippen molar-refractivity contribution in [3.05, 3.63) is 51.4 Å². The normalized spacial score (nSPS) is 13.4. The van der Waals surface area contributed by atoms with Gasteiger partial charge in [-0.25, -0.2) is 13.4 Å². The van der Waals surface area contributed by atoms with E-state index in [9.17, 15) is 26.4 Å². The van der Waals surface area contributed by atoms with Gasteiger partial charge in [-0.3, -0.25) is 9.36 Å². The van der Waals surface area contributed by atoms with Crippen LogP contribution in [0.3, 0.4) is 0 Å². The van der Waals surface area contributed by atoms with E-state index in [4.69, 9.17) is 11.6 Å². The number of pyridine rings is 1. The van der Waals surface area contributed by atoms with Gasteiger partial charge in [0.1, 0.15) is 16.7 Å². The Hall–Kier alpha value is -2.66. The molecule has 0 saturated carbocycles. The molecule has 1 N–H and O–H groups in total. The second-order valence-corrected chi connectivity index (χ2v) is 9.55. The molecule has 0 aliphatic rings. The van der Waals surface area contributed by atoms with Crippen LogP contribution < -0.4 is 10.9 Å². The summed E-state index contributed by atoms with van der Waals surface area (Å²) < 4.78 is 64.5. The van der Waals surface area contributed by atoms with Crippen LogP contribution in [0.15, 0.2) is 40.2 Å². The summed E-state index contributed by atoms with van der Waals surface area (Å²) in [5.41, 5.74) is -0.231. The van der Waals surface area contributed by atoms with Gasteiger partial charge in [0.05, 0.1) is 10.6 Å². The number of hydrogen-bond donors (Lipinski definition) is 1. The molecule has 1 aromatic carbocycles. The first-order valence-electron chi connectivity index (χ1n) is 9.10. The monoisotopic (exact) mass is 474 g/mol. The van der Waals surface area contributed by atoms with Crippen LogP contribution in [-0.2, 0) is 9.84 Å². The zero-order chi connectivity index (χ0) is 23.1. The minimum absolute atomic E-state index is 0.0511. The average Bonchev–Trinajstić information content (AvgIpc) is 2.69. The largest absolute Gasteiger partial charge is 0.409 e. The lowest BCUT2D eigenvalue weighted by molar-refractivity contribution is -0.162. The van der Waals surface area contributed by atoms with Gasteiger partial charge in [0, 0.05) is 17.3 Å². The van der Waals surface area contributed by atoms with Gasteiger partial charge in [0.15, 0.2) is 9.84 Å². The van der Waals surface area contributed by atoms with Crippen LogP contribution in [0, 0.1) is 6.92 Å². The first kappa shape index (κ1) is 23.0. The number of aryl methyl sites for hydroxylation is 1. The van der Waals surface area contributed by atoms with E-state index in [-0.39, 0.29) is 32.7 Å². The molecular formula is C19H18ClF3N4O3S. The van der Waals surface area contributed by atoms with Gasteiger partial charge in [-0.15, -0.1) is 0 Å². The summed E-state index contributed by atoms with van der Waals surface area (Å²) in [6.07, 6.45) is -3.45. The molecule has 3 rings (SSSR count).